The van der Waals surface area contributed by atoms with Crippen LogP contribution in [0.1, 0.15) is 54.3 Å². The molecular weight excluding hydrogens is 516 g/mol. The van der Waals surface area contributed by atoms with Crippen LogP contribution >= 0.6 is 0 Å². The molecule has 2 heterocycles. The third kappa shape index (κ3) is 6.29. The molecule has 206 valence electrons. The first-order valence-electron chi connectivity index (χ1n) is 12.7. The number of hydrogen-bond acceptors (Lipinski definition) is 8. The van der Waals surface area contributed by atoms with E-state index in [1.165, 1.54) is 60.7 Å². The van der Waals surface area contributed by atoms with Gasteiger partial charge in [0.25, 0.3) is 23.6 Å². The van der Waals surface area contributed by atoms with Gasteiger partial charge in [0.2, 0.25) is 0 Å². The Labute approximate surface area is 230 Å². The number of anilines is 2. The lowest BCUT2D eigenvalue weighted by molar-refractivity contribution is -0.121. The molecule has 10 nitrogen and oxygen atoms in total. The third-order valence-electron chi connectivity index (χ3n) is 6.42. The molecule has 40 heavy (non-hydrogen) atoms. The molecule has 0 fully saturated rings. The van der Waals surface area contributed by atoms with Crippen LogP contribution < -0.4 is 9.80 Å². The Morgan fingerprint density at radius 2 is 1.15 bits per heavy atom. The lowest BCUT2D eigenvalue weighted by Gasteiger charge is -2.25. The van der Waals surface area contributed by atoms with E-state index in [9.17, 15) is 28.8 Å². The van der Waals surface area contributed by atoms with Crippen molar-refractivity contribution in [3.63, 3.8) is 0 Å². The van der Waals surface area contributed by atoms with Crippen LogP contribution in [-0.4, -0.2) is 53.7 Å². The molecule has 0 saturated heterocycles. The van der Waals surface area contributed by atoms with Gasteiger partial charge in [-0.3, -0.25) is 24.0 Å². The van der Waals surface area contributed by atoms with Crippen molar-refractivity contribution < 1.29 is 38.2 Å². The third-order valence-corrected chi connectivity index (χ3v) is 6.42. The van der Waals surface area contributed by atoms with Crippen molar-refractivity contribution in [2.75, 3.05) is 16.4 Å². The second-order valence-electron chi connectivity index (χ2n) is 9.91. The highest BCUT2D eigenvalue weighted by molar-refractivity contribution is 6.28. The molecule has 0 aromatic heterocycles. The molecule has 0 spiro atoms. The second-order valence-corrected chi connectivity index (χ2v) is 9.91. The molecule has 2 aliphatic rings. The first-order chi connectivity index (χ1) is 19.0. The molecule has 2 aromatic carbocycles. The quantitative estimate of drug-likeness (QED) is 0.182. The summed E-state index contributed by atoms with van der Waals surface area (Å²) in [6.45, 7) is 5.44. The van der Waals surface area contributed by atoms with Gasteiger partial charge < -0.3 is 9.47 Å². The number of benzene rings is 2. The Morgan fingerprint density at radius 1 is 0.725 bits per heavy atom. The van der Waals surface area contributed by atoms with E-state index in [4.69, 9.17) is 9.47 Å². The summed E-state index contributed by atoms with van der Waals surface area (Å²) in [6, 6.07) is 12.2. The number of carbonyl (C=O) groups excluding carboxylic acids is 6. The molecule has 0 aliphatic carbocycles. The van der Waals surface area contributed by atoms with Crippen LogP contribution in [0.2, 0.25) is 0 Å². The van der Waals surface area contributed by atoms with E-state index in [1.807, 2.05) is 0 Å². The van der Waals surface area contributed by atoms with Crippen LogP contribution in [0.25, 0.3) is 0 Å². The molecule has 1 atom stereocenters. The summed E-state index contributed by atoms with van der Waals surface area (Å²) in [6.07, 6.45) is 5.03. The van der Waals surface area contributed by atoms with Crippen LogP contribution in [0, 0.1) is 0 Å². The molecule has 4 rings (SSSR count). The molecule has 2 aliphatic heterocycles. The maximum absolute atomic E-state index is 12.7. The number of ketones is 1. The number of ether oxygens (including phenoxy) is 2. The minimum absolute atomic E-state index is 0.244. The fraction of sp³-hybridized carbons (Fsp3) is 0.267. The Morgan fingerprint density at radius 3 is 1.60 bits per heavy atom. The highest BCUT2D eigenvalue weighted by atomic mass is 16.6. The van der Waals surface area contributed by atoms with E-state index >= 15 is 0 Å². The van der Waals surface area contributed by atoms with Gasteiger partial charge in [-0.05, 0) is 82.1 Å². The van der Waals surface area contributed by atoms with Gasteiger partial charge in [0.1, 0.15) is 11.7 Å². The largest absolute Gasteiger partial charge is 0.456 e. The summed E-state index contributed by atoms with van der Waals surface area (Å²) < 4.78 is 11.3. The van der Waals surface area contributed by atoms with Gasteiger partial charge in [0.05, 0.1) is 16.9 Å². The summed E-state index contributed by atoms with van der Waals surface area (Å²) in [5.74, 6) is -2.54. The highest BCUT2D eigenvalue weighted by Crippen LogP contribution is 2.24. The number of nitrogens with zero attached hydrogens (tertiary/aromatic N) is 2. The highest BCUT2D eigenvalue weighted by Gasteiger charge is 2.28. The zero-order chi connectivity index (χ0) is 29.0. The Bertz CT molecular complexity index is 1380. The zero-order valence-electron chi connectivity index (χ0n) is 22.3. The number of esters is 1. The number of rotatable bonds is 11. The van der Waals surface area contributed by atoms with E-state index in [1.54, 1.807) is 32.9 Å². The number of carbonyl (C=O) groups is 6. The zero-order valence-corrected chi connectivity index (χ0v) is 22.3. The Hall–Kier alpha value is -4.70. The van der Waals surface area contributed by atoms with Gasteiger partial charge in [0, 0.05) is 36.5 Å². The topological polar surface area (TPSA) is 127 Å². The van der Waals surface area contributed by atoms with E-state index in [0.717, 1.165) is 9.80 Å². The smallest absolute Gasteiger partial charge is 0.338 e. The lowest BCUT2D eigenvalue weighted by Crippen LogP contribution is -2.30. The normalized spacial score (nSPS) is 15.8. The van der Waals surface area contributed by atoms with Gasteiger partial charge in [-0.2, -0.15) is 0 Å². The summed E-state index contributed by atoms with van der Waals surface area (Å²) in [5.41, 5.74) is 0.596. The summed E-state index contributed by atoms with van der Waals surface area (Å²) in [5, 5.41) is 0. The van der Waals surface area contributed by atoms with Gasteiger partial charge in [0.15, 0.2) is 5.78 Å². The summed E-state index contributed by atoms with van der Waals surface area (Å²) in [4.78, 5) is 74.7. The van der Waals surface area contributed by atoms with Gasteiger partial charge in [-0.1, -0.05) is 0 Å². The molecular formula is C30H28N2O8. The van der Waals surface area contributed by atoms with Crippen molar-refractivity contribution >= 4 is 46.8 Å². The van der Waals surface area contributed by atoms with Crippen molar-refractivity contribution in [1.82, 2.24) is 0 Å². The molecule has 0 N–H and O–H groups in total. The number of hydrogen-bond donors (Lipinski definition) is 0. The van der Waals surface area contributed by atoms with Crippen molar-refractivity contribution in [3.8, 4) is 0 Å². The van der Waals surface area contributed by atoms with E-state index < -0.39 is 41.3 Å². The SMILES string of the molecule is CC(OCCCC(C)(C)OC(=O)c1ccc(N2C(=O)C=CC2=O)cc1)C(=O)c1ccc(N2C(=O)C=CC2=O)cc1. The second kappa shape index (κ2) is 11.6. The predicted molar refractivity (Wildman–Crippen MR) is 145 cm³/mol. The van der Waals surface area contributed by atoms with Crippen molar-refractivity contribution in [1.29, 1.82) is 0 Å². The van der Waals surface area contributed by atoms with Gasteiger partial charge >= 0.3 is 5.97 Å². The van der Waals surface area contributed by atoms with Crippen LogP contribution in [0.5, 0.6) is 0 Å². The minimum Gasteiger partial charge on any atom is -0.456 e. The molecule has 0 radical (unpaired) electrons. The van der Waals surface area contributed by atoms with E-state index in [0.29, 0.717) is 29.8 Å². The molecule has 4 amide bonds. The van der Waals surface area contributed by atoms with Gasteiger partial charge in [-0.25, -0.2) is 14.6 Å². The molecule has 2 aromatic rings. The summed E-state index contributed by atoms with van der Waals surface area (Å²) >= 11 is 0. The molecule has 0 bridgehead atoms. The Balaban J connectivity index is 1.22. The maximum atomic E-state index is 12.7. The fourth-order valence-electron chi connectivity index (χ4n) is 4.26. The van der Waals surface area contributed by atoms with Crippen molar-refractivity contribution in [2.24, 2.45) is 0 Å². The van der Waals surface area contributed by atoms with Crippen LogP contribution in [-0.2, 0) is 28.7 Å². The molecule has 0 saturated carbocycles. The lowest BCUT2D eigenvalue weighted by atomic mass is 10.0. The Kier molecular flexibility index (Phi) is 8.20. The van der Waals surface area contributed by atoms with E-state index in [-0.39, 0.29) is 18.0 Å². The number of Topliss-reactive ketones (excluding diaryl/α,β-unsaturated/α-hetero) is 1. The van der Waals surface area contributed by atoms with E-state index in [2.05, 4.69) is 0 Å². The van der Waals surface area contributed by atoms with Crippen LogP contribution in [0.15, 0.2) is 72.8 Å². The summed E-state index contributed by atoms with van der Waals surface area (Å²) in [7, 11) is 0. The molecule has 10 heteroatoms. The standard InChI is InChI=1S/C30H28N2O8/c1-19(28(37)20-5-9-22(10-6-20)31-24(33)13-14-25(31)34)39-18-4-17-30(2,3)40-29(38)21-7-11-23(12-8-21)32-26(35)15-16-27(32)36/h5-16,19H,4,17-18H2,1-3H3. The predicted octanol–water partition coefficient (Wildman–Crippen LogP) is 3.55. The number of amides is 4. The number of imide groups is 2. The monoisotopic (exact) mass is 544 g/mol. The fourth-order valence-corrected chi connectivity index (χ4v) is 4.26. The van der Waals surface area contributed by atoms with Crippen LogP contribution in [0.3, 0.4) is 0 Å². The van der Waals surface area contributed by atoms with Gasteiger partial charge in [-0.15, -0.1) is 0 Å². The minimum atomic E-state index is -0.813. The van der Waals surface area contributed by atoms with Crippen LogP contribution in [0.4, 0.5) is 11.4 Å². The van der Waals surface area contributed by atoms with Crippen molar-refractivity contribution in [3.05, 3.63) is 84.0 Å². The van der Waals surface area contributed by atoms with Crippen molar-refractivity contribution in [2.45, 2.75) is 45.3 Å². The first-order valence-corrected chi connectivity index (χ1v) is 12.7. The first kappa shape index (κ1) is 28.3. The average Bonchev–Trinajstić information content (AvgIpc) is 3.45. The maximum Gasteiger partial charge on any atom is 0.338 e. The molecule has 1 unspecified atom stereocenters. The average molecular weight is 545 g/mol.